The summed E-state index contributed by atoms with van der Waals surface area (Å²) in [5.41, 5.74) is 0. The van der Waals surface area contributed by atoms with Crippen LogP contribution in [0.3, 0.4) is 0 Å². The maximum absolute atomic E-state index is 9.53. The number of tetrazole rings is 1. The Morgan fingerprint density at radius 3 is 3.12 bits per heavy atom. The van der Waals surface area contributed by atoms with Crippen LogP contribution in [0, 0.1) is 0 Å². The number of ether oxygens (including phenoxy) is 1. The highest BCUT2D eigenvalue weighted by molar-refractivity contribution is 5.40. The molecule has 0 radical (unpaired) electrons. The minimum atomic E-state index is 0.000000000000000222. The minimum Gasteiger partial charge on any atom is -0.392 e. The molecule has 0 aliphatic heterocycles. The number of aromatic nitrogens is 4. The number of rotatable bonds is 2. The van der Waals surface area contributed by atoms with Crippen LogP contribution in [0.4, 0.5) is 0 Å². The molecular formula is C2H2N4O2. The normalized spacial score (nSPS) is 8.50. The van der Waals surface area contributed by atoms with Crippen molar-refractivity contribution in [3.63, 3.8) is 0 Å². The summed E-state index contributed by atoms with van der Waals surface area (Å²) in [7, 11) is 0. The number of hydrogen-bond acceptors (Lipinski definition) is 5. The molecule has 6 nitrogen and oxygen atoms in total. The molecule has 0 fully saturated rings. The van der Waals surface area contributed by atoms with Crippen LogP contribution in [-0.2, 0) is 4.79 Å². The second kappa shape index (κ2) is 2.01. The highest BCUT2D eigenvalue weighted by Crippen LogP contribution is 1.88. The number of carbonyl (C=O) groups is 1. The number of nitrogens with zero attached hydrogens (tertiary/aromatic N) is 3. The van der Waals surface area contributed by atoms with Crippen molar-refractivity contribution in [1.82, 2.24) is 20.6 Å². The zero-order valence-corrected chi connectivity index (χ0v) is 3.74. The first-order valence-electron chi connectivity index (χ1n) is 1.77. The molecule has 0 amide bonds. The van der Waals surface area contributed by atoms with Gasteiger partial charge in [-0.25, -0.2) is 5.10 Å². The van der Waals surface area contributed by atoms with Gasteiger partial charge in [-0.15, -0.1) is 0 Å². The molecule has 0 aliphatic carbocycles. The molecule has 0 aromatic carbocycles. The summed E-state index contributed by atoms with van der Waals surface area (Å²) in [6, 6.07) is 0.000000000000000222. The third-order valence-electron chi connectivity index (χ3n) is 0.486. The van der Waals surface area contributed by atoms with Gasteiger partial charge in [0.1, 0.15) is 0 Å². The Kier molecular flexibility index (Phi) is 1.18. The van der Waals surface area contributed by atoms with Crippen molar-refractivity contribution in [2.75, 3.05) is 0 Å². The lowest BCUT2D eigenvalue weighted by molar-refractivity contribution is -0.121. The molecule has 6 heteroatoms. The van der Waals surface area contributed by atoms with Gasteiger partial charge in [-0.2, -0.15) is 0 Å². The lowest BCUT2D eigenvalue weighted by atomic mass is 11.2. The largest absolute Gasteiger partial charge is 0.392 e. The molecule has 0 saturated carbocycles. The van der Waals surface area contributed by atoms with Gasteiger partial charge in [-0.05, 0) is 10.4 Å². The standard InChI is InChI=1S/C2H2N4O2/c7-1-8-2-3-5-6-4-2/h1H,(H,3,4,5,6). The van der Waals surface area contributed by atoms with Crippen LogP contribution < -0.4 is 4.74 Å². The van der Waals surface area contributed by atoms with Crippen LogP contribution in [0.25, 0.3) is 0 Å². The van der Waals surface area contributed by atoms with E-state index in [4.69, 9.17) is 0 Å². The summed E-state index contributed by atoms with van der Waals surface area (Å²) in [4.78, 5) is 9.53. The van der Waals surface area contributed by atoms with Crippen LogP contribution in [0.1, 0.15) is 0 Å². The van der Waals surface area contributed by atoms with Gasteiger partial charge in [0.05, 0.1) is 0 Å². The molecule has 0 saturated heterocycles. The van der Waals surface area contributed by atoms with Crippen LogP contribution in [0.5, 0.6) is 6.01 Å². The third kappa shape index (κ3) is 0.780. The predicted octanol–water partition coefficient (Wildman–Crippen LogP) is -1.27. The highest BCUT2D eigenvalue weighted by atomic mass is 16.5. The van der Waals surface area contributed by atoms with E-state index in [1.54, 1.807) is 0 Å². The van der Waals surface area contributed by atoms with Gasteiger partial charge in [0.2, 0.25) is 0 Å². The van der Waals surface area contributed by atoms with E-state index >= 15 is 0 Å². The first-order valence-corrected chi connectivity index (χ1v) is 1.77. The first-order chi connectivity index (χ1) is 3.93. The fourth-order valence-electron chi connectivity index (χ4n) is 0.246. The van der Waals surface area contributed by atoms with E-state index in [2.05, 4.69) is 25.4 Å². The van der Waals surface area contributed by atoms with Crippen molar-refractivity contribution >= 4 is 6.47 Å². The predicted molar refractivity (Wildman–Crippen MR) is 20.9 cm³/mol. The molecule has 0 atom stereocenters. The van der Waals surface area contributed by atoms with Crippen molar-refractivity contribution in [1.29, 1.82) is 0 Å². The SMILES string of the molecule is O=COc1nnn[nH]1. The van der Waals surface area contributed by atoms with Crippen LogP contribution in [0.15, 0.2) is 0 Å². The van der Waals surface area contributed by atoms with Crippen LogP contribution in [0.2, 0.25) is 0 Å². The van der Waals surface area contributed by atoms with Crippen LogP contribution >= 0.6 is 0 Å². The van der Waals surface area contributed by atoms with Crippen molar-refractivity contribution in [2.45, 2.75) is 0 Å². The van der Waals surface area contributed by atoms with Gasteiger partial charge in [-0.3, -0.25) is 4.79 Å². The monoisotopic (exact) mass is 114 g/mol. The fourth-order valence-corrected chi connectivity index (χ4v) is 0.246. The summed E-state index contributed by atoms with van der Waals surface area (Å²) >= 11 is 0. The first kappa shape index (κ1) is 4.69. The molecule has 0 aliphatic rings. The Morgan fingerprint density at radius 2 is 2.62 bits per heavy atom. The molecule has 1 heterocycles. The summed E-state index contributed by atoms with van der Waals surface area (Å²) in [6.07, 6.45) is 0. The zero-order chi connectivity index (χ0) is 5.82. The molecule has 1 N–H and O–H groups in total. The van der Waals surface area contributed by atoms with E-state index in [9.17, 15) is 4.79 Å². The summed E-state index contributed by atoms with van der Waals surface area (Å²) < 4.78 is 4.17. The Morgan fingerprint density at radius 1 is 1.75 bits per heavy atom. The van der Waals surface area contributed by atoms with Crippen molar-refractivity contribution in [3.8, 4) is 6.01 Å². The molecule has 1 rings (SSSR count). The van der Waals surface area contributed by atoms with Crippen molar-refractivity contribution in [3.05, 3.63) is 0 Å². The second-order valence-corrected chi connectivity index (χ2v) is 0.920. The van der Waals surface area contributed by atoms with E-state index in [1.807, 2.05) is 0 Å². The third-order valence-corrected chi connectivity index (χ3v) is 0.486. The lowest BCUT2D eigenvalue weighted by Crippen LogP contribution is -1.89. The number of hydrogen-bond donors (Lipinski definition) is 1. The molecule has 0 unspecified atom stereocenters. The molecular weight excluding hydrogens is 112 g/mol. The quantitative estimate of drug-likeness (QED) is 0.485. The smallest absolute Gasteiger partial charge is 0.340 e. The van der Waals surface area contributed by atoms with E-state index in [0.29, 0.717) is 0 Å². The maximum Gasteiger partial charge on any atom is 0.340 e. The van der Waals surface area contributed by atoms with Gasteiger partial charge < -0.3 is 4.74 Å². The van der Waals surface area contributed by atoms with Gasteiger partial charge in [-0.1, -0.05) is 5.10 Å². The summed E-state index contributed by atoms with van der Waals surface area (Å²) in [5, 5.41) is 11.7. The fraction of sp³-hybridized carbons (Fsp3) is 0. The average Bonchev–Trinajstić information content (AvgIpc) is 2.19. The van der Waals surface area contributed by atoms with Crippen molar-refractivity contribution in [2.24, 2.45) is 0 Å². The van der Waals surface area contributed by atoms with Gasteiger partial charge in [0.25, 0.3) is 0 Å². The van der Waals surface area contributed by atoms with E-state index in [0.717, 1.165) is 0 Å². The Balaban J connectivity index is 2.62. The summed E-state index contributed by atoms with van der Waals surface area (Å²) in [6.45, 7) is 0.238. The molecule has 1 aromatic rings. The topological polar surface area (TPSA) is 80.8 Å². The number of carbonyl (C=O) groups excluding carboxylic acids is 1. The van der Waals surface area contributed by atoms with Gasteiger partial charge >= 0.3 is 12.5 Å². The van der Waals surface area contributed by atoms with Crippen LogP contribution in [-0.4, -0.2) is 27.1 Å². The van der Waals surface area contributed by atoms with Gasteiger partial charge in [0.15, 0.2) is 0 Å². The van der Waals surface area contributed by atoms with Crippen molar-refractivity contribution < 1.29 is 9.53 Å². The van der Waals surface area contributed by atoms with E-state index in [1.165, 1.54) is 0 Å². The number of nitrogens with one attached hydrogen (secondary N) is 1. The molecule has 1 aromatic heterocycles. The molecule has 8 heavy (non-hydrogen) atoms. The Labute approximate surface area is 43.8 Å². The maximum atomic E-state index is 9.53. The minimum absolute atomic E-state index is 0.000000000000000222. The highest BCUT2D eigenvalue weighted by Gasteiger charge is 1.91. The second-order valence-electron chi connectivity index (χ2n) is 0.920. The Hall–Kier alpha value is -1.46. The molecule has 0 spiro atoms. The molecule has 0 bridgehead atoms. The van der Waals surface area contributed by atoms with E-state index < -0.39 is 0 Å². The molecule has 42 valence electrons. The van der Waals surface area contributed by atoms with E-state index in [-0.39, 0.29) is 12.5 Å². The number of aromatic amines is 1. The Bertz CT molecular complexity index is 159. The number of H-pyrrole nitrogens is 1. The lowest BCUT2D eigenvalue weighted by Gasteiger charge is -1.80. The zero-order valence-electron chi connectivity index (χ0n) is 3.74. The van der Waals surface area contributed by atoms with Gasteiger partial charge in [0, 0.05) is 0 Å². The average molecular weight is 114 g/mol. The summed E-state index contributed by atoms with van der Waals surface area (Å²) in [5.74, 6) is 0.